The Morgan fingerprint density at radius 3 is 2.60 bits per heavy atom. The number of benzene rings is 1. The van der Waals surface area contributed by atoms with Gasteiger partial charge in [0.15, 0.2) is 0 Å². The third-order valence-corrected chi connectivity index (χ3v) is 4.30. The van der Waals surface area contributed by atoms with Gasteiger partial charge in [-0.2, -0.15) is 0 Å². The zero-order valence-electron chi connectivity index (χ0n) is 12.4. The van der Waals surface area contributed by atoms with E-state index in [1.54, 1.807) is 0 Å². The maximum absolute atomic E-state index is 6.11. The molecule has 0 N–H and O–H groups in total. The van der Waals surface area contributed by atoms with Gasteiger partial charge in [0.25, 0.3) is 0 Å². The minimum atomic E-state index is 0.373. The van der Waals surface area contributed by atoms with E-state index in [0.29, 0.717) is 12.0 Å². The van der Waals surface area contributed by atoms with Crippen LogP contribution in [0, 0.1) is 24.7 Å². The van der Waals surface area contributed by atoms with Crippen molar-refractivity contribution in [2.45, 2.75) is 52.1 Å². The smallest absolute Gasteiger partial charge is 0.120 e. The van der Waals surface area contributed by atoms with E-state index in [-0.39, 0.29) is 0 Å². The molecule has 0 saturated heterocycles. The average Bonchev–Trinajstić information content (AvgIpc) is 2.47. The van der Waals surface area contributed by atoms with Crippen LogP contribution in [-0.4, -0.2) is 12.0 Å². The summed E-state index contributed by atoms with van der Waals surface area (Å²) in [6, 6.07) is 6.14. The highest BCUT2D eigenvalue weighted by Gasteiger charge is 2.21. The lowest BCUT2D eigenvalue weighted by Crippen LogP contribution is -2.23. The molecule has 1 saturated carbocycles. The predicted octanol–water partition coefficient (Wildman–Crippen LogP) is 4.93. The maximum atomic E-state index is 6.11. The Labute approximate surface area is 127 Å². The van der Waals surface area contributed by atoms with Gasteiger partial charge < -0.3 is 4.74 Å². The number of aryl methyl sites for hydroxylation is 1. The Balaban J connectivity index is 1.95. The van der Waals surface area contributed by atoms with Crippen LogP contribution < -0.4 is 4.74 Å². The molecule has 0 unspecified atom stereocenters. The van der Waals surface area contributed by atoms with Crippen molar-refractivity contribution in [3.05, 3.63) is 29.3 Å². The second-order valence-electron chi connectivity index (χ2n) is 5.58. The van der Waals surface area contributed by atoms with Crippen molar-refractivity contribution < 1.29 is 4.74 Å². The van der Waals surface area contributed by atoms with Gasteiger partial charge >= 0.3 is 0 Å². The van der Waals surface area contributed by atoms with Gasteiger partial charge in [-0.1, -0.05) is 25.2 Å². The van der Waals surface area contributed by atoms with Crippen molar-refractivity contribution in [2.75, 3.05) is 5.88 Å². The Morgan fingerprint density at radius 2 is 2.00 bits per heavy atom. The second-order valence-corrected chi connectivity index (χ2v) is 5.85. The van der Waals surface area contributed by atoms with Crippen molar-refractivity contribution >= 4 is 11.6 Å². The molecule has 1 fully saturated rings. The fourth-order valence-corrected chi connectivity index (χ4v) is 2.90. The number of alkyl halides is 1. The van der Waals surface area contributed by atoms with Gasteiger partial charge in [0.05, 0.1) is 12.0 Å². The molecular weight excluding hydrogens is 268 g/mol. The quantitative estimate of drug-likeness (QED) is 0.566. The third kappa shape index (κ3) is 4.18. The number of halogens is 1. The van der Waals surface area contributed by atoms with Gasteiger partial charge in [-0.3, -0.25) is 0 Å². The summed E-state index contributed by atoms with van der Waals surface area (Å²) in [5, 5.41) is 0. The zero-order valence-corrected chi connectivity index (χ0v) is 13.2. The van der Waals surface area contributed by atoms with E-state index in [2.05, 4.69) is 31.8 Å². The predicted molar refractivity (Wildman–Crippen MR) is 85.4 cm³/mol. The van der Waals surface area contributed by atoms with Gasteiger partial charge in [-0.25, -0.2) is 0 Å². The molecule has 0 spiro atoms. The highest BCUT2D eigenvalue weighted by atomic mass is 35.5. The highest BCUT2D eigenvalue weighted by molar-refractivity contribution is 6.19. The fraction of sp³-hybridized carbons (Fsp3) is 0.556. The molecule has 1 aromatic carbocycles. The molecule has 20 heavy (non-hydrogen) atoms. The Morgan fingerprint density at radius 1 is 1.25 bits per heavy atom. The summed E-state index contributed by atoms with van der Waals surface area (Å²) >= 11 is 5.59. The molecule has 1 aromatic rings. The number of rotatable bonds is 3. The van der Waals surface area contributed by atoms with Crippen LogP contribution in [0.5, 0.6) is 5.75 Å². The van der Waals surface area contributed by atoms with E-state index in [9.17, 15) is 0 Å². The van der Waals surface area contributed by atoms with E-state index < -0.39 is 0 Å². The molecule has 1 aliphatic carbocycles. The molecule has 2 rings (SSSR count). The molecule has 0 aliphatic heterocycles. The van der Waals surface area contributed by atoms with Gasteiger partial charge in [-0.15, -0.1) is 11.6 Å². The summed E-state index contributed by atoms with van der Waals surface area (Å²) in [4.78, 5) is 0. The SMILES string of the molecule is CCC1CCC(Oc2ccc(C#CCCl)c(C)c2)CC1. The molecule has 0 radical (unpaired) electrons. The van der Waals surface area contributed by atoms with E-state index in [1.165, 1.54) is 32.1 Å². The molecule has 108 valence electrons. The minimum Gasteiger partial charge on any atom is -0.490 e. The molecule has 1 nitrogen and oxygen atoms in total. The van der Waals surface area contributed by atoms with E-state index in [4.69, 9.17) is 16.3 Å². The highest BCUT2D eigenvalue weighted by Crippen LogP contribution is 2.29. The van der Waals surface area contributed by atoms with E-state index >= 15 is 0 Å². The molecule has 0 bridgehead atoms. The van der Waals surface area contributed by atoms with Gasteiger partial charge in [0.1, 0.15) is 5.75 Å². The van der Waals surface area contributed by atoms with Crippen LogP contribution in [0.15, 0.2) is 18.2 Å². The normalized spacial score (nSPS) is 21.9. The summed E-state index contributed by atoms with van der Waals surface area (Å²) in [7, 11) is 0. The Bertz CT molecular complexity index is 490. The van der Waals surface area contributed by atoms with Crippen molar-refractivity contribution in [3.8, 4) is 17.6 Å². The average molecular weight is 291 g/mol. The standard InChI is InChI=1S/C18H23ClO/c1-3-15-6-9-17(10-7-15)20-18-11-8-16(5-4-12-19)14(2)13-18/h8,11,13,15,17H,3,6-7,9-10,12H2,1-2H3. The summed E-state index contributed by atoms with van der Waals surface area (Å²) in [6.07, 6.45) is 6.67. The van der Waals surface area contributed by atoms with Gasteiger partial charge in [0, 0.05) is 5.56 Å². The van der Waals surface area contributed by atoms with Gasteiger partial charge in [-0.05, 0) is 62.3 Å². The number of hydrogen-bond donors (Lipinski definition) is 0. The van der Waals surface area contributed by atoms with Crippen LogP contribution in [0.4, 0.5) is 0 Å². The monoisotopic (exact) mass is 290 g/mol. The summed E-state index contributed by atoms with van der Waals surface area (Å²) in [5.41, 5.74) is 2.19. The van der Waals surface area contributed by atoms with Crippen LogP contribution in [0.2, 0.25) is 0 Å². The minimum absolute atomic E-state index is 0.373. The van der Waals surface area contributed by atoms with Crippen LogP contribution >= 0.6 is 11.6 Å². The summed E-state index contributed by atoms with van der Waals surface area (Å²) in [5.74, 6) is 8.21. The largest absolute Gasteiger partial charge is 0.490 e. The van der Waals surface area contributed by atoms with Crippen molar-refractivity contribution in [1.82, 2.24) is 0 Å². The van der Waals surface area contributed by atoms with Gasteiger partial charge in [0.2, 0.25) is 0 Å². The van der Waals surface area contributed by atoms with Crippen LogP contribution in [-0.2, 0) is 0 Å². The third-order valence-electron chi connectivity index (χ3n) is 4.16. The first-order valence-electron chi connectivity index (χ1n) is 7.55. The Hall–Kier alpha value is -1.13. The second kappa shape index (κ2) is 7.60. The van der Waals surface area contributed by atoms with E-state index in [0.717, 1.165) is 22.8 Å². The van der Waals surface area contributed by atoms with Crippen LogP contribution in [0.1, 0.15) is 50.2 Å². The number of hydrogen-bond acceptors (Lipinski definition) is 1. The lowest BCUT2D eigenvalue weighted by atomic mass is 9.86. The van der Waals surface area contributed by atoms with Crippen molar-refractivity contribution in [1.29, 1.82) is 0 Å². The molecule has 0 amide bonds. The van der Waals surface area contributed by atoms with E-state index in [1.807, 2.05) is 12.1 Å². The first kappa shape index (κ1) is 15.3. The molecule has 0 aromatic heterocycles. The maximum Gasteiger partial charge on any atom is 0.120 e. The first-order valence-corrected chi connectivity index (χ1v) is 8.08. The molecule has 0 heterocycles. The molecule has 1 aliphatic rings. The Kier molecular flexibility index (Phi) is 5.80. The fourth-order valence-electron chi connectivity index (χ4n) is 2.83. The lowest BCUT2D eigenvalue weighted by molar-refractivity contribution is 0.130. The summed E-state index contributed by atoms with van der Waals surface area (Å²) in [6.45, 7) is 4.36. The number of ether oxygens (including phenoxy) is 1. The topological polar surface area (TPSA) is 9.23 Å². The van der Waals surface area contributed by atoms with Crippen molar-refractivity contribution in [3.63, 3.8) is 0 Å². The van der Waals surface area contributed by atoms with Crippen LogP contribution in [0.25, 0.3) is 0 Å². The zero-order chi connectivity index (χ0) is 14.4. The summed E-state index contributed by atoms with van der Waals surface area (Å²) < 4.78 is 6.11. The molecule has 2 heteroatoms. The van der Waals surface area contributed by atoms with Crippen molar-refractivity contribution in [2.24, 2.45) is 5.92 Å². The van der Waals surface area contributed by atoms with Crippen LogP contribution in [0.3, 0.4) is 0 Å². The lowest BCUT2D eigenvalue weighted by Gasteiger charge is -2.28. The first-order chi connectivity index (χ1) is 9.72. The molecular formula is C18H23ClO. The molecule has 0 atom stereocenters.